The molecule has 0 atom stereocenters. The molecule has 7 heteroatoms. The molecule has 2 heterocycles. The molecule has 0 saturated carbocycles. The van der Waals surface area contributed by atoms with E-state index in [9.17, 15) is 14.7 Å². The van der Waals surface area contributed by atoms with Crippen LogP contribution in [0.4, 0.5) is 0 Å². The summed E-state index contributed by atoms with van der Waals surface area (Å²) < 4.78 is 5.55. The van der Waals surface area contributed by atoms with Crippen molar-refractivity contribution in [2.45, 2.75) is 13.0 Å². The maximum Gasteiger partial charge on any atom is 0.335 e. The van der Waals surface area contributed by atoms with Crippen LogP contribution in [-0.4, -0.2) is 40.0 Å². The van der Waals surface area contributed by atoms with Gasteiger partial charge in [0.1, 0.15) is 5.75 Å². The number of carboxylic acids is 1. The van der Waals surface area contributed by atoms with Gasteiger partial charge in [0.25, 0.3) is 5.91 Å². The number of halogens is 1. The molecule has 2 aromatic carbocycles. The molecule has 1 aromatic heterocycles. The lowest BCUT2D eigenvalue weighted by Gasteiger charge is -2.27. The third kappa shape index (κ3) is 3.48. The molecule has 0 fully saturated rings. The van der Waals surface area contributed by atoms with Gasteiger partial charge < -0.3 is 19.7 Å². The number of fused-ring (bicyclic) bond motifs is 3. The highest BCUT2D eigenvalue weighted by Crippen LogP contribution is 2.28. The van der Waals surface area contributed by atoms with Gasteiger partial charge in [-0.3, -0.25) is 4.79 Å². The van der Waals surface area contributed by atoms with Gasteiger partial charge in [0, 0.05) is 46.7 Å². The third-order valence-electron chi connectivity index (χ3n) is 4.75. The fourth-order valence-electron chi connectivity index (χ4n) is 3.33. The third-order valence-corrected chi connectivity index (χ3v) is 5.00. The molecule has 0 aliphatic carbocycles. The van der Waals surface area contributed by atoms with E-state index < -0.39 is 5.97 Å². The topological polar surface area (TPSA) is 82.6 Å². The van der Waals surface area contributed by atoms with Crippen LogP contribution in [0.15, 0.2) is 42.5 Å². The average molecular weight is 385 g/mol. The number of nitrogens with zero attached hydrogens (tertiary/aromatic N) is 1. The predicted molar refractivity (Wildman–Crippen MR) is 101 cm³/mol. The lowest BCUT2D eigenvalue weighted by molar-refractivity contribution is -0.134. The van der Waals surface area contributed by atoms with E-state index in [0.717, 1.165) is 22.2 Å². The molecule has 1 aliphatic rings. The molecule has 4 rings (SSSR count). The van der Waals surface area contributed by atoms with E-state index in [2.05, 4.69) is 4.98 Å². The van der Waals surface area contributed by atoms with E-state index in [1.54, 1.807) is 47.4 Å². The number of amides is 1. The van der Waals surface area contributed by atoms with Crippen LogP contribution in [0.2, 0.25) is 5.02 Å². The van der Waals surface area contributed by atoms with Crippen molar-refractivity contribution >= 4 is 34.4 Å². The van der Waals surface area contributed by atoms with E-state index in [4.69, 9.17) is 16.3 Å². The van der Waals surface area contributed by atoms with Crippen molar-refractivity contribution in [1.82, 2.24) is 9.88 Å². The highest BCUT2D eigenvalue weighted by Gasteiger charge is 2.24. The lowest BCUT2D eigenvalue weighted by atomic mass is 10.0. The Morgan fingerprint density at radius 2 is 1.96 bits per heavy atom. The average Bonchev–Trinajstić information content (AvgIpc) is 3.04. The summed E-state index contributed by atoms with van der Waals surface area (Å²) in [7, 11) is 0. The van der Waals surface area contributed by atoms with Gasteiger partial charge in [-0.2, -0.15) is 0 Å². The zero-order chi connectivity index (χ0) is 19.0. The molecule has 3 aromatic rings. The number of benzene rings is 2. The second-order valence-electron chi connectivity index (χ2n) is 6.46. The molecular formula is C20H17ClN2O4. The van der Waals surface area contributed by atoms with Crippen molar-refractivity contribution in [2.24, 2.45) is 0 Å². The fraction of sp³-hybridized carbons (Fsp3) is 0.200. The number of hydrogen-bond donors (Lipinski definition) is 2. The van der Waals surface area contributed by atoms with Crippen molar-refractivity contribution in [2.75, 3.05) is 13.2 Å². The Bertz CT molecular complexity index is 1030. The summed E-state index contributed by atoms with van der Waals surface area (Å²) in [5, 5.41) is 10.7. The van der Waals surface area contributed by atoms with Gasteiger partial charge in [0.05, 0.1) is 5.56 Å². The summed E-state index contributed by atoms with van der Waals surface area (Å²) in [6.07, 6.45) is 0.694. The first kappa shape index (κ1) is 17.4. The summed E-state index contributed by atoms with van der Waals surface area (Å²) in [6, 6.07) is 11.9. The Balaban J connectivity index is 1.50. The van der Waals surface area contributed by atoms with Gasteiger partial charge in [-0.1, -0.05) is 11.6 Å². The van der Waals surface area contributed by atoms with E-state index in [1.807, 2.05) is 0 Å². The molecule has 2 N–H and O–H groups in total. The summed E-state index contributed by atoms with van der Waals surface area (Å²) >= 11 is 5.84. The number of H-pyrrole nitrogens is 1. The molecule has 0 bridgehead atoms. The van der Waals surface area contributed by atoms with Gasteiger partial charge >= 0.3 is 5.97 Å². The van der Waals surface area contributed by atoms with Crippen LogP contribution < -0.4 is 4.74 Å². The van der Waals surface area contributed by atoms with Gasteiger partial charge in [-0.25, -0.2) is 4.79 Å². The van der Waals surface area contributed by atoms with Gasteiger partial charge in [0.2, 0.25) is 0 Å². The van der Waals surface area contributed by atoms with Crippen molar-refractivity contribution in [3.8, 4) is 5.75 Å². The summed E-state index contributed by atoms with van der Waals surface area (Å²) in [5.74, 6) is -0.491. The number of carbonyl (C=O) groups excluding carboxylic acids is 1. The number of aromatic amines is 1. The van der Waals surface area contributed by atoms with E-state index in [-0.39, 0.29) is 18.1 Å². The molecule has 27 heavy (non-hydrogen) atoms. The van der Waals surface area contributed by atoms with E-state index in [1.165, 1.54) is 0 Å². The second kappa shape index (κ2) is 6.96. The number of carbonyl (C=O) groups is 2. The standard InChI is InChI=1S/C20H17ClN2O4/c21-13-2-4-14(5-3-13)27-11-19(24)23-8-7-18-16(10-23)15-9-12(20(25)26)1-6-17(15)22-18/h1-6,9,22H,7-8,10-11H2,(H,25,26). The van der Waals surface area contributed by atoms with E-state index >= 15 is 0 Å². The van der Waals surface area contributed by atoms with Crippen molar-refractivity contribution in [1.29, 1.82) is 0 Å². The Hall–Kier alpha value is -2.99. The number of aromatic nitrogens is 1. The predicted octanol–water partition coefficient (Wildman–Crippen LogP) is 3.48. The first-order valence-corrected chi connectivity index (χ1v) is 8.92. The van der Waals surface area contributed by atoms with Gasteiger partial charge in [-0.15, -0.1) is 0 Å². The maximum absolute atomic E-state index is 12.6. The number of rotatable bonds is 4. The molecule has 0 saturated heterocycles. The Morgan fingerprint density at radius 1 is 1.19 bits per heavy atom. The van der Waals surface area contributed by atoms with Crippen LogP contribution in [0.5, 0.6) is 5.75 Å². The van der Waals surface area contributed by atoms with Crippen LogP contribution >= 0.6 is 11.6 Å². The van der Waals surface area contributed by atoms with Gasteiger partial charge in [0.15, 0.2) is 6.61 Å². The Kier molecular flexibility index (Phi) is 4.49. The zero-order valence-electron chi connectivity index (χ0n) is 14.4. The molecule has 1 amide bonds. The minimum atomic E-state index is -0.966. The summed E-state index contributed by atoms with van der Waals surface area (Å²) in [4.78, 5) is 28.9. The highest BCUT2D eigenvalue weighted by atomic mass is 35.5. The van der Waals surface area contributed by atoms with Crippen LogP contribution in [-0.2, 0) is 17.8 Å². The molecule has 138 valence electrons. The first-order valence-electron chi connectivity index (χ1n) is 8.54. The molecule has 1 aliphatic heterocycles. The highest BCUT2D eigenvalue weighted by molar-refractivity contribution is 6.30. The quantitative estimate of drug-likeness (QED) is 0.721. The van der Waals surface area contributed by atoms with Crippen molar-refractivity contribution < 1.29 is 19.4 Å². The number of hydrogen-bond acceptors (Lipinski definition) is 3. The minimum Gasteiger partial charge on any atom is -0.484 e. The smallest absolute Gasteiger partial charge is 0.335 e. The van der Waals surface area contributed by atoms with E-state index in [0.29, 0.717) is 30.3 Å². The van der Waals surface area contributed by atoms with Crippen molar-refractivity contribution in [3.63, 3.8) is 0 Å². The summed E-state index contributed by atoms with van der Waals surface area (Å²) in [5.41, 5.74) is 3.14. The molecule has 0 spiro atoms. The number of carboxylic acid groups (broad SMARTS) is 1. The van der Waals surface area contributed by atoms with Crippen LogP contribution in [0, 0.1) is 0 Å². The molecule has 0 unspecified atom stereocenters. The lowest BCUT2D eigenvalue weighted by Crippen LogP contribution is -2.38. The Morgan fingerprint density at radius 3 is 2.70 bits per heavy atom. The largest absolute Gasteiger partial charge is 0.484 e. The second-order valence-corrected chi connectivity index (χ2v) is 6.89. The molecule has 6 nitrogen and oxygen atoms in total. The normalized spacial score (nSPS) is 13.4. The fourth-order valence-corrected chi connectivity index (χ4v) is 3.45. The van der Waals surface area contributed by atoms with Crippen LogP contribution in [0.1, 0.15) is 21.6 Å². The maximum atomic E-state index is 12.6. The monoisotopic (exact) mass is 384 g/mol. The summed E-state index contributed by atoms with van der Waals surface area (Å²) in [6.45, 7) is 0.968. The molecule has 0 radical (unpaired) electrons. The SMILES string of the molecule is O=C(O)c1ccc2[nH]c3c(c2c1)CN(C(=O)COc1ccc(Cl)cc1)CC3. The Labute approximate surface area is 160 Å². The number of ether oxygens (including phenoxy) is 1. The molecular weight excluding hydrogens is 368 g/mol. The van der Waals surface area contributed by atoms with Gasteiger partial charge in [-0.05, 0) is 42.5 Å². The van der Waals surface area contributed by atoms with Crippen LogP contribution in [0.25, 0.3) is 10.9 Å². The van der Waals surface area contributed by atoms with Crippen LogP contribution in [0.3, 0.4) is 0 Å². The zero-order valence-corrected chi connectivity index (χ0v) is 15.1. The van der Waals surface area contributed by atoms with Crippen molar-refractivity contribution in [3.05, 3.63) is 64.3 Å². The number of nitrogens with one attached hydrogen (secondary N) is 1. The first-order chi connectivity index (χ1) is 13.0. The number of aromatic carboxylic acids is 1. The minimum absolute atomic E-state index is 0.0559.